The summed E-state index contributed by atoms with van der Waals surface area (Å²) in [6.45, 7) is 9.01. The molecule has 1 saturated heterocycles. The van der Waals surface area contributed by atoms with Crippen LogP contribution in [0.2, 0.25) is 5.02 Å². The molecule has 2 aliphatic rings. The summed E-state index contributed by atoms with van der Waals surface area (Å²) in [4.78, 5) is 31.4. The van der Waals surface area contributed by atoms with Gasteiger partial charge >= 0.3 is 0 Å². The fourth-order valence-corrected chi connectivity index (χ4v) is 4.72. The summed E-state index contributed by atoms with van der Waals surface area (Å²) < 4.78 is 1.88. The van der Waals surface area contributed by atoms with Crippen LogP contribution in [0.3, 0.4) is 0 Å². The van der Waals surface area contributed by atoms with Crippen molar-refractivity contribution >= 4 is 34.9 Å². The number of rotatable bonds is 8. The zero-order valence-electron chi connectivity index (χ0n) is 19.3. The van der Waals surface area contributed by atoms with Crippen molar-refractivity contribution in [3.63, 3.8) is 0 Å². The summed E-state index contributed by atoms with van der Waals surface area (Å²) in [6.07, 6.45) is 2.24. The smallest absolute Gasteiger partial charge is 0.228 e. The predicted octanol–water partition coefficient (Wildman–Crippen LogP) is 2.69. The van der Waals surface area contributed by atoms with E-state index in [4.69, 9.17) is 11.6 Å². The monoisotopic (exact) mass is 472 g/mol. The van der Waals surface area contributed by atoms with Crippen molar-refractivity contribution in [3.8, 4) is 0 Å². The molecule has 4 rings (SSSR count). The zero-order valence-corrected chi connectivity index (χ0v) is 20.1. The number of benzene rings is 1. The molecule has 8 nitrogen and oxygen atoms in total. The molecule has 1 aromatic carbocycles. The van der Waals surface area contributed by atoms with E-state index in [2.05, 4.69) is 26.3 Å². The van der Waals surface area contributed by atoms with E-state index < -0.39 is 0 Å². The Balaban J connectivity index is 1.10. The number of aryl methyl sites for hydroxylation is 2. The number of carbonyl (C=O) groups is 2. The van der Waals surface area contributed by atoms with Crippen LogP contribution in [0, 0.1) is 6.92 Å². The van der Waals surface area contributed by atoms with Gasteiger partial charge in [0.05, 0.1) is 5.69 Å². The Kier molecular flexibility index (Phi) is 7.88. The molecule has 9 heteroatoms. The number of aromatic nitrogens is 2. The molecule has 33 heavy (non-hydrogen) atoms. The molecule has 1 aromatic heterocycles. The van der Waals surface area contributed by atoms with Gasteiger partial charge in [-0.15, -0.1) is 0 Å². The van der Waals surface area contributed by atoms with Crippen molar-refractivity contribution in [2.24, 2.45) is 0 Å². The Bertz CT molecular complexity index is 970. The maximum Gasteiger partial charge on any atom is 0.228 e. The average molecular weight is 473 g/mol. The maximum atomic E-state index is 12.6. The van der Waals surface area contributed by atoms with Gasteiger partial charge in [-0.3, -0.25) is 19.4 Å². The number of hydrogen-bond acceptors (Lipinski definition) is 5. The van der Waals surface area contributed by atoms with Gasteiger partial charge in [-0.1, -0.05) is 17.7 Å². The van der Waals surface area contributed by atoms with Gasteiger partial charge in [0.2, 0.25) is 11.8 Å². The third-order valence-corrected chi connectivity index (χ3v) is 6.53. The van der Waals surface area contributed by atoms with E-state index in [-0.39, 0.29) is 24.7 Å². The van der Waals surface area contributed by atoms with Crippen LogP contribution in [0.15, 0.2) is 30.3 Å². The van der Waals surface area contributed by atoms with Gasteiger partial charge in [0, 0.05) is 75.4 Å². The molecule has 178 valence electrons. The Morgan fingerprint density at radius 1 is 1.06 bits per heavy atom. The minimum atomic E-state index is -0.0594. The third kappa shape index (κ3) is 6.26. The van der Waals surface area contributed by atoms with Gasteiger partial charge in [-0.2, -0.15) is 5.10 Å². The number of nitrogens with one attached hydrogen (secondary N) is 1. The Morgan fingerprint density at radius 3 is 2.67 bits per heavy atom. The van der Waals surface area contributed by atoms with E-state index in [1.807, 2.05) is 35.9 Å². The Morgan fingerprint density at radius 2 is 1.88 bits per heavy atom. The zero-order chi connectivity index (χ0) is 23.2. The van der Waals surface area contributed by atoms with Gasteiger partial charge in [0.1, 0.15) is 5.82 Å². The molecule has 0 saturated carbocycles. The largest absolute Gasteiger partial charge is 0.369 e. The summed E-state index contributed by atoms with van der Waals surface area (Å²) >= 11 is 6.11. The number of nitrogens with zero attached hydrogens (tertiary/aromatic N) is 5. The van der Waals surface area contributed by atoms with Gasteiger partial charge < -0.3 is 10.2 Å². The van der Waals surface area contributed by atoms with E-state index in [1.165, 1.54) is 5.69 Å². The maximum absolute atomic E-state index is 12.6. The first kappa shape index (κ1) is 23.6. The van der Waals surface area contributed by atoms with Crippen molar-refractivity contribution in [2.45, 2.75) is 39.2 Å². The summed E-state index contributed by atoms with van der Waals surface area (Å²) in [7, 11) is 0. The minimum absolute atomic E-state index is 0.0106. The molecule has 3 heterocycles. The van der Waals surface area contributed by atoms with Gasteiger partial charge in [0.15, 0.2) is 0 Å². The lowest BCUT2D eigenvalue weighted by Gasteiger charge is -2.36. The van der Waals surface area contributed by atoms with Crippen molar-refractivity contribution in [2.75, 3.05) is 55.6 Å². The highest BCUT2D eigenvalue weighted by atomic mass is 35.5. The van der Waals surface area contributed by atoms with Crippen LogP contribution in [0.5, 0.6) is 0 Å². The van der Waals surface area contributed by atoms with Crippen LogP contribution in [0.1, 0.15) is 31.4 Å². The summed E-state index contributed by atoms with van der Waals surface area (Å²) in [5.74, 6) is 0.777. The van der Waals surface area contributed by atoms with Crippen molar-refractivity contribution in [1.29, 1.82) is 0 Å². The van der Waals surface area contributed by atoms with Gasteiger partial charge in [-0.05, 0) is 44.5 Å². The number of carbonyl (C=O) groups excluding carboxylic acids is 2. The number of hydrogen-bond donors (Lipinski definition) is 1. The molecular weight excluding hydrogens is 440 g/mol. The third-order valence-electron chi connectivity index (χ3n) is 6.29. The summed E-state index contributed by atoms with van der Waals surface area (Å²) in [5, 5.41) is 8.16. The summed E-state index contributed by atoms with van der Waals surface area (Å²) in [5.41, 5.74) is 2.08. The number of anilines is 2. The van der Waals surface area contributed by atoms with E-state index in [0.29, 0.717) is 13.1 Å². The Hall–Kier alpha value is -2.58. The highest BCUT2D eigenvalue weighted by molar-refractivity contribution is 6.30. The number of piperazine rings is 1. The molecule has 0 aliphatic carbocycles. The van der Waals surface area contributed by atoms with Crippen LogP contribution in [-0.2, 0) is 16.1 Å². The van der Waals surface area contributed by atoms with Crippen LogP contribution in [-0.4, -0.2) is 72.3 Å². The number of halogens is 1. The topological polar surface area (TPSA) is 73.7 Å². The quantitative estimate of drug-likeness (QED) is 0.598. The highest BCUT2D eigenvalue weighted by Crippen LogP contribution is 2.23. The Labute approximate surface area is 200 Å². The normalized spacial score (nSPS) is 16.5. The fraction of sp³-hybridized carbons (Fsp3) is 0.542. The molecule has 0 unspecified atom stereocenters. The molecule has 1 N–H and O–H groups in total. The molecular formula is C24H33ClN6O2. The molecule has 0 bridgehead atoms. The second-order valence-electron chi connectivity index (χ2n) is 8.78. The predicted molar refractivity (Wildman–Crippen MR) is 131 cm³/mol. The molecule has 2 aliphatic heterocycles. The van der Waals surface area contributed by atoms with Crippen LogP contribution in [0.4, 0.5) is 11.5 Å². The van der Waals surface area contributed by atoms with Gasteiger partial charge in [-0.25, -0.2) is 4.68 Å². The SMILES string of the molecule is Cc1cc2n(n1)CCCN2C(=O)CCC(=O)NCCCN1CCN(c2cccc(Cl)c2)CC1. The standard InChI is InChI=1S/C24H33ClN6O2/c1-19-17-23-30(11-4-12-31(23)27-19)24(33)8-7-22(32)26-9-3-10-28-13-15-29(16-14-28)21-6-2-5-20(25)18-21/h2,5-6,17-18H,3-4,7-16H2,1H3,(H,26,32). The molecule has 0 spiro atoms. The van der Waals surface area contributed by atoms with E-state index in [9.17, 15) is 9.59 Å². The van der Waals surface area contributed by atoms with Gasteiger partial charge in [0.25, 0.3) is 0 Å². The van der Waals surface area contributed by atoms with Crippen LogP contribution >= 0.6 is 11.6 Å². The fourth-order valence-electron chi connectivity index (χ4n) is 4.54. The molecule has 0 radical (unpaired) electrons. The second-order valence-corrected chi connectivity index (χ2v) is 9.21. The van der Waals surface area contributed by atoms with Crippen molar-refractivity contribution in [1.82, 2.24) is 20.0 Å². The van der Waals surface area contributed by atoms with Crippen molar-refractivity contribution < 1.29 is 9.59 Å². The molecule has 0 atom stereocenters. The van der Waals surface area contributed by atoms with Crippen LogP contribution in [0.25, 0.3) is 0 Å². The molecule has 2 aromatic rings. The summed E-state index contributed by atoms with van der Waals surface area (Å²) in [6, 6.07) is 9.94. The van der Waals surface area contributed by atoms with Crippen LogP contribution < -0.4 is 15.1 Å². The first-order valence-corrected chi connectivity index (χ1v) is 12.2. The lowest BCUT2D eigenvalue weighted by molar-refractivity contribution is -0.125. The van der Waals surface area contributed by atoms with E-state index >= 15 is 0 Å². The highest BCUT2D eigenvalue weighted by Gasteiger charge is 2.24. The first-order valence-electron chi connectivity index (χ1n) is 11.8. The van der Waals surface area contributed by atoms with Crippen molar-refractivity contribution in [3.05, 3.63) is 41.0 Å². The van der Waals surface area contributed by atoms with E-state index in [1.54, 1.807) is 4.90 Å². The number of fused-ring (bicyclic) bond motifs is 1. The minimum Gasteiger partial charge on any atom is -0.369 e. The molecule has 1 fully saturated rings. The first-order chi connectivity index (χ1) is 16.0. The lowest BCUT2D eigenvalue weighted by atomic mass is 10.2. The van der Waals surface area contributed by atoms with E-state index in [0.717, 1.165) is 68.6 Å². The average Bonchev–Trinajstić information content (AvgIpc) is 3.21. The second kappa shape index (κ2) is 11.0. The molecule has 2 amide bonds. The lowest BCUT2D eigenvalue weighted by Crippen LogP contribution is -2.47. The number of amides is 2.